The summed E-state index contributed by atoms with van der Waals surface area (Å²) < 4.78 is 10.7. The highest BCUT2D eigenvalue weighted by Crippen LogP contribution is 2.25. The van der Waals surface area contributed by atoms with Crippen molar-refractivity contribution in [1.29, 1.82) is 0 Å². The normalized spacial score (nSPS) is 11.3. The number of hydrogen-bond acceptors (Lipinski definition) is 5. The molecule has 2 rings (SSSR count). The van der Waals surface area contributed by atoms with Crippen LogP contribution in [0, 0.1) is 0 Å². The molecule has 0 aliphatic carbocycles. The van der Waals surface area contributed by atoms with Gasteiger partial charge in [0.2, 0.25) is 0 Å². The molecule has 0 aliphatic rings. The van der Waals surface area contributed by atoms with Crippen LogP contribution in [0.25, 0.3) is 0 Å². The highest BCUT2D eigenvalue weighted by Gasteiger charge is 2.06. The summed E-state index contributed by atoms with van der Waals surface area (Å²) in [6.45, 7) is 6.16. The van der Waals surface area contributed by atoms with E-state index in [0.29, 0.717) is 13.1 Å². The van der Waals surface area contributed by atoms with Crippen LogP contribution in [0.1, 0.15) is 29.3 Å². The summed E-state index contributed by atoms with van der Waals surface area (Å²) in [5.41, 5.74) is 1.00. The molecule has 2 aromatic rings. The fourth-order valence-corrected chi connectivity index (χ4v) is 3.04. The lowest BCUT2D eigenvalue weighted by atomic mass is 10.2. The lowest BCUT2D eigenvalue weighted by molar-refractivity contribution is 0.391. The highest BCUT2D eigenvalue weighted by atomic mass is 32.1. The number of nitrogens with zero attached hydrogens (tertiary/aromatic N) is 2. The molecule has 0 amide bonds. The van der Waals surface area contributed by atoms with E-state index >= 15 is 0 Å². The number of aliphatic imine (C=N–C) groups is 1. The molecule has 0 radical (unpaired) electrons. The number of thiazole rings is 1. The lowest BCUT2D eigenvalue weighted by Crippen LogP contribution is -2.36. The van der Waals surface area contributed by atoms with Crippen molar-refractivity contribution in [3.05, 3.63) is 39.8 Å². The molecule has 2 N–H and O–H groups in total. The van der Waals surface area contributed by atoms with Gasteiger partial charge in [-0.1, -0.05) is 6.92 Å². The van der Waals surface area contributed by atoms with Crippen molar-refractivity contribution in [2.24, 2.45) is 4.99 Å². The predicted molar refractivity (Wildman–Crippen MR) is 103 cm³/mol. The van der Waals surface area contributed by atoms with E-state index in [2.05, 4.69) is 27.5 Å². The Morgan fingerprint density at radius 3 is 2.68 bits per heavy atom. The van der Waals surface area contributed by atoms with Crippen molar-refractivity contribution in [3.63, 3.8) is 0 Å². The summed E-state index contributed by atoms with van der Waals surface area (Å²) in [5, 5.41) is 7.64. The third-order valence-corrected chi connectivity index (χ3v) is 4.74. The molecule has 7 heteroatoms. The molecule has 0 aliphatic heterocycles. The summed E-state index contributed by atoms with van der Waals surface area (Å²) in [6, 6.07) is 5.75. The van der Waals surface area contributed by atoms with Gasteiger partial charge in [0.25, 0.3) is 0 Å². The Balaban J connectivity index is 2.03. The van der Waals surface area contributed by atoms with E-state index in [0.717, 1.165) is 41.0 Å². The topological polar surface area (TPSA) is 67.8 Å². The smallest absolute Gasteiger partial charge is 0.191 e. The SMILES string of the molecule is CCNC(=NCc1ccc(OC)cc1OC)NCc1ncc(CC)s1. The van der Waals surface area contributed by atoms with Gasteiger partial charge in [0, 0.05) is 29.2 Å². The van der Waals surface area contributed by atoms with E-state index in [1.807, 2.05) is 31.3 Å². The van der Waals surface area contributed by atoms with Crippen molar-refractivity contribution >= 4 is 17.3 Å². The average molecular weight is 362 g/mol. The first-order valence-electron chi connectivity index (χ1n) is 8.36. The second-order valence-corrected chi connectivity index (χ2v) is 6.50. The molecule has 0 fully saturated rings. The van der Waals surface area contributed by atoms with Crippen molar-refractivity contribution in [1.82, 2.24) is 15.6 Å². The van der Waals surface area contributed by atoms with Gasteiger partial charge in [-0.3, -0.25) is 0 Å². The molecule has 0 spiro atoms. The van der Waals surface area contributed by atoms with Crippen molar-refractivity contribution in [2.75, 3.05) is 20.8 Å². The largest absolute Gasteiger partial charge is 0.497 e. The zero-order chi connectivity index (χ0) is 18.1. The fraction of sp³-hybridized carbons (Fsp3) is 0.444. The molecule has 0 saturated heterocycles. The minimum atomic E-state index is 0.514. The van der Waals surface area contributed by atoms with E-state index < -0.39 is 0 Å². The minimum absolute atomic E-state index is 0.514. The van der Waals surface area contributed by atoms with Crippen molar-refractivity contribution < 1.29 is 9.47 Å². The summed E-state index contributed by atoms with van der Waals surface area (Å²) in [4.78, 5) is 10.4. The molecule has 1 aromatic carbocycles. The number of guanidine groups is 1. The number of aryl methyl sites for hydroxylation is 1. The molecule has 0 saturated carbocycles. The molecule has 0 atom stereocenters. The number of aromatic nitrogens is 1. The van der Waals surface area contributed by atoms with Crippen LogP contribution < -0.4 is 20.1 Å². The second kappa shape index (κ2) is 9.88. The Morgan fingerprint density at radius 1 is 1.20 bits per heavy atom. The van der Waals surface area contributed by atoms with Gasteiger partial charge in [0.05, 0.1) is 27.3 Å². The van der Waals surface area contributed by atoms with Gasteiger partial charge in [-0.2, -0.15) is 0 Å². The molecule has 136 valence electrons. The Hall–Kier alpha value is -2.28. The number of methoxy groups -OCH3 is 2. The van der Waals surface area contributed by atoms with E-state index in [4.69, 9.17) is 9.47 Å². The van der Waals surface area contributed by atoms with Crippen molar-refractivity contribution in [2.45, 2.75) is 33.4 Å². The number of benzene rings is 1. The Bertz CT molecular complexity index is 700. The first-order chi connectivity index (χ1) is 12.2. The van der Waals surface area contributed by atoms with Gasteiger partial charge >= 0.3 is 0 Å². The highest BCUT2D eigenvalue weighted by molar-refractivity contribution is 7.11. The molecule has 0 unspecified atom stereocenters. The second-order valence-electron chi connectivity index (χ2n) is 5.30. The molecule has 0 bridgehead atoms. The number of rotatable bonds is 8. The number of hydrogen-bond donors (Lipinski definition) is 2. The van der Waals surface area contributed by atoms with Gasteiger partial charge in [-0.15, -0.1) is 11.3 Å². The fourth-order valence-electron chi connectivity index (χ4n) is 2.24. The summed E-state index contributed by atoms with van der Waals surface area (Å²) in [5.74, 6) is 2.30. The molecule has 6 nitrogen and oxygen atoms in total. The summed E-state index contributed by atoms with van der Waals surface area (Å²) in [7, 11) is 3.29. The Labute approximate surface area is 153 Å². The van der Waals surface area contributed by atoms with Crippen LogP contribution in [0.5, 0.6) is 11.5 Å². The van der Waals surface area contributed by atoms with E-state index in [1.165, 1.54) is 4.88 Å². The molecule has 1 heterocycles. The van der Waals surface area contributed by atoms with Crippen LogP contribution in [-0.2, 0) is 19.5 Å². The Morgan fingerprint density at radius 2 is 2.04 bits per heavy atom. The third kappa shape index (κ3) is 5.63. The first kappa shape index (κ1) is 19.1. The van der Waals surface area contributed by atoms with Crippen LogP contribution in [0.4, 0.5) is 0 Å². The third-order valence-electron chi connectivity index (χ3n) is 3.60. The van der Waals surface area contributed by atoms with Crippen molar-refractivity contribution in [3.8, 4) is 11.5 Å². The van der Waals surface area contributed by atoms with E-state index in [9.17, 15) is 0 Å². The summed E-state index contributed by atoms with van der Waals surface area (Å²) >= 11 is 1.73. The maximum absolute atomic E-state index is 5.43. The average Bonchev–Trinajstić information content (AvgIpc) is 3.12. The molecule has 1 aromatic heterocycles. The van der Waals surface area contributed by atoms with Gasteiger partial charge in [-0.25, -0.2) is 9.98 Å². The zero-order valence-corrected chi connectivity index (χ0v) is 16.1. The first-order valence-corrected chi connectivity index (χ1v) is 9.18. The van der Waals surface area contributed by atoms with Gasteiger partial charge in [-0.05, 0) is 25.5 Å². The maximum Gasteiger partial charge on any atom is 0.191 e. The number of ether oxygens (including phenoxy) is 2. The predicted octanol–water partition coefficient (Wildman–Crippen LogP) is 2.98. The summed E-state index contributed by atoms with van der Waals surface area (Å²) in [6.07, 6.45) is 2.96. The van der Waals surface area contributed by atoms with Gasteiger partial charge in [0.15, 0.2) is 5.96 Å². The van der Waals surface area contributed by atoms with Gasteiger partial charge < -0.3 is 20.1 Å². The quantitative estimate of drug-likeness (QED) is 0.558. The van der Waals surface area contributed by atoms with E-state index in [1.54, 1.807) is 25.6 Å². The maximum atomic E-state index is 5.43. The molecular formula is C18H26N4O2S. The lowest BCUT2D eigenvalue weighted by Gasteiger charge is -2.12. The zero-order valence-electron chi connectivity index (χ0n) is 15.3. The monoisotopic (exact) mass is 362 g/mol. The van der Waals surface area contributed by atoms with Gasteiger partial charge in [0.1, 0.15) is 16.5 Å². The van der Waals surface area contributed by atoms with Crippen LogP contribution >= 0.6 is 11.3 Å². The van der Waals surface area contributed by atoms with E-state index in [-0.39, 0.29) is 0 Å². The molecule has 25 heavy (non-hydrogen) atoms. The van der Waals surface area contributed by atoms with Crippen LogP contribution in [-0.4, -0.2) is 31.7 Å². The standard InChI is InChI=1S/C18H26N4O2S/c1-5-15-11-20-17(25-15)12-22-18(19-6-2)21-10-13-7-8-14(23-3)9-16(13)24-4/h7-9,11H,5-6,10,12H2,1-4H3,(H2,19,21,22). The van der Waals surface area contributed by atoms with Crippen LogP contribution in [0.3, 0.4) is 0 Å². The minimum Gasteiger partial charge on any atom is -0.497 e. The number of nitrogens with one attached hydrogen (secondary N) is 2. The van der Waals surface area contributed by atoms with Crippen LogP contribution in [0.2, 0.25) is 0 Å². The Kier molecular flexibility index (Phi) is 7.53. The van der Waals surface area contributed by atoms with Crippen LogP contribution in [0.15, 0.2) is 29.4 Å². The molecular weight excluding hydrogens is 336 g/mol.